The van der Waals surface area contributed by atoms with Crippen LogP contribution >= 0.6 is 0 Å². The maximum Gasteiger partial charge on any atom is 0.443 e. The number of nitro groups is 2. The van der Waals surface area contributed by atoms with Crippen LogP contribution in [0, 0.1) is 20.2 Å². The van der Waals surface area contributed by atoms with Crippen LogP contribution in [0.5, 0.6) is 0 Å². The average molecular weight is 269 g/mol. The van der Waals surface area contributed by atoms with Crippen LogP contribution in [-0.2, 0) is 0 Å². The van der Waals surface area contributed by atoms with Gasteiger partial charge in [0.1, 0.15) is 0 Å². The summed E-state index contributed by atoms with van der Waals surface area (Å²) in [6.45, 7) is 0. The molecule has 3 aromatic rings. The summed E-state index contributed by atoms with van der Waals surface area (Å²) in [4.78, 5) is 24.1. The molecule has 0 aliphatic rings. The van der Waals surface area contributed by atoms with Gasteiger partial charge >= 0.3 is 11.5 Å². The Morgan fingerprint density at radius 1 is 0.900 bits per heavy atom. The molecule has 7 heteroatoms. The summed E-state index contributed by atoms with van der Waals surface area (Å²) in [7, 11) is 0. The zero-order valence-electron chi connectivity index (χ0n) is 10.0. The first-order valence-electron chi connectivity index (χ1n) is 5.69. The Morgan fingerprint density at radius 3 is 2.30 bits per heavy atom. The lowest BCUT2D eigenvalue weighted by atomic mass is 10.1. The van der Waals surface area contributed by atoms with Crippen molar-refractivity contribution in [2.75, 3.05) is 0 Å². The molecule has 98 valence electrons. The molecule has 0 radical (unpaired) electrons. The molecule has 2 aromatic carbocycles. The molecule has 0 bridgehead atoms. The summed E-state index contributed by atoms with van der Waals surface area (Å²) in [6, 6.07) is 11.9. The van der Waals surface area contributed by atoms with Crippen LogP contribution in [0.2, 0.25) is 0 Å². The molecule has 0 saturated heterocycles. The second kappa shape index (κ2) is 4.23. The van der Waals surface area contributed by atoms with Crippen molar-refractivity contribution in [3.05, 3.63) is 62.7 Å². The fraction of sp³-hybridized carbons (Fsp3) is 0. The molecule has 0 aliphatic carbocycles. The molecule has 0 unspecified atom stereocenters. The van der Waals surface area contributed by atoms with Gasteiger partial charge in [-0.15, -0.1) is 0 Å². The van der Waals surface area contributed by atoms with Crippen molar-refractivity contribution < 1.29 is 9.85 Å². The molecule has 0 aliphatic heterocycles. The minimum atomic E-state index is -0.834. The van der Waals surface area contributed by atoms with Gasteiger partial charge in [-0.3, -0.25) is 10.1 Å². The average Bonchev–Trinajstić information content (AvgIpc) is 2.45. The van der Waals surface area contributed by atoms with Gasteiger partial charge in [0, 0.05) is 16.8 Å². The zero-order valence-corrected chi connectivity index (χ0v) is 10.0. The van der Waals surface area contributed by atoms with E-state index in [-0.39, 0.29) is 0 Å². The summed E-state index contributed by atoms with van der Waals surface area (Å²) in [5.74, 6) is -0.737. The van der Waals surface area contributed by atoms with Crippen LogP contribution in [-0.4, -0.2) is 14.8 Å². The minimum absolute atomic E-state index is 0.389. The Labute approximate surface area is 111 Å². The number of pyridine rings is 1. The third-order valence-corrected chi connectivity index (χ3v) is 3.04. The Kier molecular flexibility index (Phi) is 2.53. The fourth-order valence-electron chi connectivity index (χ4n) is 2.16. The van der Waals surface area contributed by atoms with E-state index in [1.54, 1.807) is 24.3 Å². The van der Waals surface area contributed by atoms with Crippen LogP contribution in [0.25, 0.3) is 21.7 Å². The molecule has 0 fully saturated rings. The third kappa shape index (κ3) is 1.72. The van der Waals surface area contributed by atoms with Gasteiger partial charge in [0.2, 0.25) is 0 Å². The molecule has 0 amide bonds. The molecule has 0 saturated carbocycles. The smallest absolute Gasteiger partial charge is 0.358 e. The maximum absolute atomic E-state index is 10.9. The lowest BCUT2D eigenvalue weighted by Gasteiger charge is -2.01. The number of benzene rings is 2. The van der Waals surface area contributed by atoms with Crippen molar-refractivity contribution in [1.82, 2.24) is 4.98 Å². The molecule has 20 heavy (non-hydrogen) atoms. The first-order chi connectivity index (χ1) is 9.58. The lowest BCUT2D eigenvalue weighted by molar-refractivity contribution is -0.425. The second-order valence-corrected chi connectivity index (χ2v) is 4.20. The van der Waals surface area contributed by atoms with E-state index in [0.29, 0.717) is 10.9 Å². The van der Waals surface area contributed by atoms with E-state index in [9.17, 15) is 20.2 Å². The molecule has 7 nitrogen and oxygen atoms in total. The molecular formula is C13H7N3O4. The predicted molar refractivity (Wildman–Crippen MR) is 72.6 cm³/mol. The van der Waals surface area contributed by atoms with Gasteiger partial charge in [-0.1, -0.05) is 24.3 Å². The number of aromatic nitrogens is 1. The van der Waals surface area contributed by atoms with Crippen LogP contribution in [0.15, 0.2) is 42.5 Å². The number of fused-ring (bicyclic) bond motifs is 3. The summed E-state index contributed by atoms with van der Waals surface area (Å²) in [5, 5.41) is 23.9. The van der Waals surface area contributed by atoms with Crippen molar-refractivity contribution in [3.63, 3.8) is 0 Å². The van der Waals surface area contributed by atoms with E-state index in [4.69, 9.17) is 0 Å². The molecule has 3 rings (SSSR count). The number of hydrogen-bond acceptors (Lipinski definition) is 5. The highest BCUT2D eigenvalue weighted by Gasteiger charge is 2.27. The highest BCUT2D eigenvalue weighted by Crippen LogP contribution is 2.32. The monoisotopic (exact) mass is 269 g/mol. The van der Waals surface area contributed by atoms with E-state index in [0.717, 1.165) is 10.8 Å². The number of hydrogen-bond donors (Lipinski definition) is 0. The molecule has 0 atom stereocenters. The minimum Gasteiger partial charge on any atom is -0.358 e. The van der Waals surface area contributed by atoms with Gasteiger partial charge < -0.3 is 10.1 Å². The van der Waals surface area contributed by atoms with Crippen molar-refractivity contribution in [2.45, 2.75) is 0 Å². The van der Waals surface area contributed by atoms with E-state index in [1.165, 1.54) is 6.07 Å². The van der Waals surface area contributed by atoms with E-state index in [2.05, 4.69) is 4.98 Å². The van der Waals surface area contributed by atoms with Crippen molar-refractivity contribution in [2.24, 2.45) is 0 Å². The summed E-state index contributed by atoms with van der Waals surface area (Å²) in [6.07, 6.45) is 0. The van der Waals surface area contributed by atoms with Crippen LogP contribution in [0.1, 0.15) is 0 Å². The number of rotatable bonds is 2. The molecular weight excluding hydrogens is 262 g/mol. The van der Waals surface area contributed by atoms with Gasteiger partial charge in [0.05, 0.1) is 4.92 Å². The highest BCUT2D eigenvalue weighted by atomic mass is 16.6. The first-order valence-corrected chi connectivity index (χ1v) is 5.69. The largest absolute Gasteiger partial charge is 0.443 e. The summed E-state index contributed by atoms with van der Waals surface area (Å²) in [5.41, 5.74) is -0.210. The molecule has 1 heterocycles. The summed E-state index contributed by atoms with van der Waals surface area (Å²) >= 11 is 0. The third-order valence-electron chi connectivity index (χ3n) is 3.04. The molecule has 0 spiro atoms. The SMILES string of the molecule is O=[N+]([O-])c1cc2ccc3ccccc3c2nc1[N+](=O)[O-]. The van der Waals surface area contributed by atoms with Crippen molar-refractivity contribution in [3.8, 4) is 0 Å². The van der Waals surface area contributed by atoms with Crippen LogP contribution in [0.4, 0.5) is 11.5 Å². The van der Waals surface area contributed by atoms with Gasteiger partial charge in [-0.2, -0.15) is 0 Å². The Hall–Kier alpha value is -3.09. The topological polar surface area (TPSA) is 99.2 Å². The lowest BCUT2D eigenvalue weighted by Crippen LogP contribution is -1.99. The summed E-state index contributed by atoms with van der Waals surface area (Å²) < 4.78 is 0. The first kappa shape index (κ1) is 12.0. The van der Waals surface area contributed by atoms with Crippen LogP contribution in [0.3, 0.4) is 0 Å². The van der Waals surface area contributed by atoms with Crippen molar-refractivity contribution in [1.29, 1.82) is 0 Å². The number of nitrogens with zero attached hydrogens (tertiary/aromatic N) is 3. The van der Waals surface area contributed by atoms with Gasteiger partial charge in [-0.05, 0) is 27.4 Å². The van der Waals surface area contributed by atoms with E-state index < -0.39 is 21.4 Å². The van der Waals surface area contributed by atoms with E-state index >= 15 is 0 Å². The Morgan fingerprint density at radius 2 is 1.60 bits per heavy atom. The van der Waals surface area contributed by atoms with Gasteiger partial charge in [0.15, 0.2) is 5.52 Å². The normalized spacial score (nSPS) is 10.8. The second-order valence-electron chi connectivity index (χ2n) is 4.20. The predicted octanol–water partition coefficient (Wildman–Crippen LogP) is 3.20. The van der Waals surface area contributed by atoms with Gasteiger partial charge in [-0.25, -0.2) is 0 Å². The highest BCUT2D eigenvalue weighted by molar-refractivity contribution is 6.06. The zero-order chi connectivity index (χ0) is 14.3. The Bertz CT molecular complexity index is 876. The van der Waals surface area contributed by atoms with Gasteiger partial charge in [0.25, 0.3) is 0 Å². The maximum atomic E-state index is 10.9. The molecule has 1 aromatic heterocycles. The van der Waals surface area contributed by atoms with Crippen molar-refractivity contribution >= 4 is 33.2 Å². The standard InChI is InChI=1S/C13H7N3O4/c17-15(18)11-7-9-6-5-8-3-1-2-4-10(8)12(9)14-13(11)16(19)20/h1-7H. The Balaban J connectivity index is 2.48. The van der Waals surface area contributed by atoms with Crippen LogP contribution < -0.4 is 0 Å². The van der Waals surface area contributed by atoms with E-state index in [1.807, 2.05) is 12.1 Å². The fourth-order valence-corrected chi connectivity index (χ4v) is 2.16. The molecule has 0 N–H and O–H groups in total. The quantitative estimate of drug-likeness (QED) is 0.404.